The third-order valence-corrected chi connectivity index (χ3v) is 5.22. The molecule has 0 radical (unpaired) electrons. The minimum Gasteiger partial charge on any atom is -0.473 e. The summed E-state index contributed by atoms with van der Waals surface area (Å²) in [5, 5.41) is 0.955. The van der Waals surface area contributed by atoms with E-state index in [1.807, 2.05) is 24.3 Å². The molecule has 2 heterocycles. The summed E-state index contributed by atoms with van der Waals surface area (Å²) in [6.07, 6.45) is 8.97. The molecule has 4 rings (SSSR count). The van der Waals surface area contributed by atoms with Crippen molar-refractivity contribution in [2.75, 3.05) is 5.73 Å². The fourth-order valence-electron chi connectivity index (χ4n) is 3.18. The lowest BCUT2D eigenvalue weighted by Crippen LogP contribution is -2.21. The molecular formula is C19H19BrN4O2. The Morgan fingerprint density at radius 3 is 2.65 bits per heavy atom. The van der Waals surface area contributed by atoms with Crippen LogP contribution in [0.4, 0.5) is 5.69 Å². The van der Waals surface area contributed by atoms with Gasteiger partial charge in [-0.25, -0.2) is 0 Å². The molecule has 1 aliphatic rings. The zero-order valence-electron chi connectivity index (χ0n) is 14.2. The molecule has 6 nitrogen and oxygen atoms in total. The van der Waals surface area contributed by atoms with E-state index in [-0.39, 0.29) is 12.0 Å². The highest BCUT2D eigenvalue weighted by molar-refractivity contribution is 9.10. The summed E-state index contributed by atoms with van der Waals surface area (Å²) in [4.78, 5) is 12.8. The van der Waals surface area contributed by atoms with Gasteiger partial charge in [0.15, 0.2) is 11.4 Å². The molecule has 1 aliphatic carbocycles. The van der Waals surface area contributed by atoms with Crippen molar-refractivity contribution in [2.24, 2.45) is 0 Å². The van der Waals surface area contributed by atoms with Crippen LogP contribution < -0.4 is 15.2 Å². The number of fused-ring (bicyclic) bond motifs is 1. The number of nitrogens with zero attached hydrogens (tertiary/aromatic N) is 3. The first-order valence-corrected chi connectivity index (χ1v) is 9.50. The quantitative estimate of drug-likeness (QED) is 0.655. The fraction of sp³-hybridized carbons (Fsp3) is 0.316. The third-order valence-electron chi connectivity index (χ3n) is 4.53. The van der Waals surface area contributed by atoms with Crippen molar-refractivity contribution in [3.8, 4) is 17.5 Å². The van der Waals surface area contributed by atoms with E-state index in [4.69, 9.17) is 15.2 Å². The van der Waals surface area contributed by atoms with Crippen LogP contribution in [0.5, 0.6) is 17.5 Å². The molecule has 0 saturated heterocycles. The monoisotopic (exact) mass is 414 g/mol. The number of anilines is 1. The van der Waals surface area contributed by atoms with Gasteiger partial charge >= 0.3 is 0 Å². The molecule has 2 aromatic heterocycles. The van der Waals surface area contributed by atoms with Gasteiger partial charge in [0.1, 0.15) is 17.9 Å². The smallest absolute Gasteiger partial charge is 0.249 e. The van der Waals surface area contributed by atoms with Gasteiger partial charge in [-0.2, -0.15) is 9.97 Å². The summed E-state index contributed by atoms with van der Waals surface area (Å²) in [5.41, 5.74) is 7.26. The van der Waals surface area contributed by atoms with Crippen LogP contribution in [-0.4, -0.2) is 21.1 Å². The predicted octanol–water partition coefficient (Wildman–Crippen LogP) is 4.87. The molecule has 2 N–H and O–H groups in total. The second kappa shape index (κ2) is 7.45. The highest BCUT2D eigenvalue weighted by Gasteiger charge is 2.19. The van der Waals surface area contributed by atoms with E-state index in [1.165, 1.54) is 25.6 Å². The van der Waals surface area contributed by atoms with Gasteiger partial charge in [-0.05, 0) is 43.9 Å². The fourth-order valence-corrected chi connectivity index (χ4v) is 3.63. The largest absolute Gasteiger partial charge is 0.473 e. The molecule has 3 aromatic rings. The second-order valence-electron chi connectivity index (χ2n) is 6.32. The first-order chi connectivity index (χ1) is 12.7. The third kappa shape index (κ3) is 3.44. The van der Waals surface area contributed by atoms with E-state index < -0.39 is 0 Å². The van der Waals surface area contributed by atoms with Crippen LogP contribution >= 0.6 is 15.9 Å². The summed E-state index contributed by atoms with van der Waals surface area (Å²) in [5.74, 6) is 1.24. The topological polar surface area (TPSA) is 83.2 Å². The number of hydrogen-bond acceptors (Lipinski definition) is 6. The van der Waals surface area contributed by atoms with E-state index >= 15 is 0 Å². The maximum absolute atomic E-state index is 6.22. The maximum atomic E-state index is 6.22. The molecule has 0 amide bonds. The lowest BCUT2D eigenvalue weighted by molar-refractivity contribution is 0.149. The van der Waals surface area contributed by atoms with E-state index in [2.05, 4.69) is 30.9 Å². The van der Waals surface area contributed by atoms with Gasteiger partial charge in [0.2, 0.25) is 11.8 Å². The number of hydrogen-bond donors (Lipinski definition) is 1. The Morgan fingerprint density at radius 2 is 1.81 bits per heavy atom. The number of aromatic nitrogens is 3. The van der Waals surface area contributed by atoms with Gasteiger partial charge in [-0.1, -0.05) is 28.4 Å². The van der Waals surface area contributed by atoms with Crippen molar-refractivity contribution >= 4 is 32.5 Å². The summed E-state index contributed by atoms with van der Waals surface area (Å²) < 4.78 is 12.9. The van der Waals surface area contributed by atoms with Crippen LogP contribution in [0.3, 0.4) is 0 Å². The Morgan fingerprint density at radius 1 is 1.00 bits per heavy atom. The molecule has 0 atom stereocenters. The van der Waals surface area contributed by atoms with Gasteiger partial charge in [0.25, 0.3) is 0 Å². The number of pyridine rings is 1. The van der Waals surface area contributed by atoms with Gasteiger partial charge in [0, 0.05) is 16.1 Å². The normalized spacial score (nSPS) is 15.1. The Labute approximate surface area is 159 Å². The Hall–Kier alpha value is -2.41. The van der Waals surface area contributed by atoms with Crippen LogP contribution in [0.15, 0.2) is 41.3 Å². The van der Waals surface area contributed by atoms with E-state index in [9.17, 15) is 0 Å². The standard InChI is InChI=1S/C19H19BrN4O2/c20-14-8-9-15(17-13(14)7-4-10-22-17)26-19-16(21)18(23-11-24-19)25-12-5-2-1-3-6-12/h4,7-12H,1-3,5-6,21H2. The Bertz CT molecular complexity index is 929. The number of nitrogens with two attached hydrogens (primary N) is 1. The highest BCUT2D eigenvalue weighted by atomic mass is 79.9. The maximum Gasteiger partial charge on any atom is 0.249 e. The molecule has 0 aliphatic heterocycles. The number of halogens is 1. The molecule has 0 spiro atoms. The summed E-state index contributed by atoms with van der Waals surface area (Å²) in [6, 6.07) is 7.60. The average molecular weight is 415 g/mol. The molecular weight excluding hydrogens is 396 g/mol. The minimum atomic E-state index is 0.156. The number of ether oxygens (including phenoxy) is 2. The van der Waals surface area contributed by atoms with Crippen molar-refractivity contribution in [3.63, 3.8) is 0 Å². The van der Waals surface area contributed by atoms with E-state index in [0.29, 0.717) is 17.3 Å². The zero-order valence-corrected chi connectivity index (χ0v) is 15.8. The van der Waals surface area contributed by atoms with E-state index in [0.717, 1.165) is 28.2 Å². The highest BCUT2D eigenvalue weighted by Crippen LogP contribution is 2.36. The summed E-state index contributed by atoms with van der Waals surface area (Å²) in [7, 11) is 0. The van der Waals surface area contributed by atoms with Gasteiger partial charge < -0.3 is 15.2 Å². The first-order valence-electron chi connectivity index (χ1n) is 8.70. The van der Waals surface area contributed by atoms with Crippen LogP contribution in [-0.2, 0) is 0 Å². The van der Waals surface area contributed by atoms with E-state index in [1.54, 1.807) is 6.20 Å². The molecule has 0 bridgehead atoms. The van der Waals surface area contributed by atoms with Crippen molar-refractivity contribution < 1.29 is 9.47 Å². The zero-order chi connectivity index (χ0) is 17.9. The van der Waals surface area contributed by atoms with Crippen LogP contribution in [0, 0.1) is 0 Å². The second-order valence-corrected chi connectivity index (χ2v) is 7.18. The van der Waals surface area contributed by atoms with Crippen LogP contribution in [0.2, 0.25) is 0 Å². The molecule has 1 saturated carbocycles. The van der Waals surface area contributed by atoms with Crippen molar-refractivity contribution in [2.45, 2.75) is 38.2 Å². The average Bonchev–Trinajstić information content (AvgIpc) is 2.68. The van der Waals surface area contributed by atoms with Crippen molar-refractivity contribution in [3.05, 3.63) is 41.3 Å². The molecule has 26 heavy (non-hydrogen) atoms. The van der Waals surface area contributed by atoms with Crippen LogP contribution in [0.1, 0.15) is 32.1 Å². The molecule has 1 fully saturated rings. The minimum absolute atomic E-state index is 0.156. The lowest BCUT2D eigenvalue weighted by atomic mass is 9.98. The first kappa shape index (κ1) is 17.0. The SMILES string of the molecule is Nc1c(Oc2ccc(Br)c3cccnc23)ncnc1OC1CCCCC1. The number of benzene rings is 1. The molecule has 134 valence electrons. The predicted molar refractivity (Wildman–Crippen MR) is 103 cm³/mol. The molecule has 1 aromatic carbocycles. The van der Waals surface area contributed by atoms with Crippen molar-refractivity contribution in [1.29, 1.82) is 0 Å². The summed E-state index contributed by atoms with van der Waals surface area (Å²) in [6.45, 7) is 0. The molecule has 0 unspecified atom stereocenters. The van der Waals surface area contributed by atoms with Crippen molar-refractivity contribution in [1.82, 2.24) is 15.0 Å². The van der Waals surface area contributed by atoms with Gasteiger partial charge in [0.05, 0.1) is 0 Å². The van der Waals surface area contributed by atoms with Gasteiger partial charge in [-0.15, -0.1) is 0 Å². The molecule has 7 heteroatoms. The Kier molecular flexibility index (Phi) is 4.88. The summed E-state index contributed by atoms with van der Waals surface area (Å²) >= 11 is 3.53. The van der Waals surface area contributed by atoms with Gasteiger partial charge in [-0.3, -0.25) is 4.98 Å². The lowest BCUT2D eigenvalue weighted by Gasteiger charge is -2.23. The number of nitrogen functional groups attached to an aromatic ring is 1. The number of rotatable bonds is 4. The van der Waals surface area contributed by atoms with Crippen LogP contribution in [0.25, 0.3) is 10.9 Å². The Balaban J connectivity index is 1.63.